The number of nitrogens with one attached hydrogen (secondary N) is 1. The Hall–Kier alpha value is -3.96. The van der Waals surface area contributed by atoms with Crippen molar-refractivity contribution < 1.29 is 28.7 Å². The molecule has 0 aliphatic carbocycles. The molecule has 0 fully saturated rings. The molecule has 0 aliphatic rings. The van der Waals surface area contributed by atoms with Crippen LogP contribution in [-0.4, -0.2) is 48.2 Å². The number of hydrogen-bond acceptors (Lipinski definition) is 6. The van der Waals surface area contributed by atoms with Crippen LogP contribution in [0.15, 0.2) is 91.0 Å². The Bertz CT molecular complexity index is 1300. The van der Waals surface area contributed by atoms with Crippen molar-refractivity contribution in [1.82, 2.24) is 5.32 Å². The summed E-state index contributed by atoms with van der Waals surface area (Å²) >= 11 is 0. The van der Waals surface area contributed by atoms with Crippen LogP contribution in [0.5, 0.6) is 0 Å². The van der Waals surface area contributed by atoms with E-state index in [1.54, 1.807) is 27.7 Å². The second-order valence-electron chi connectivity index (χ2n) is 9.76. The third kappa shape index (κ3) is 6.86. The number of carbonyl (C=O) groups excluding carboxylic acids is 4. The summed E-state index contributed by atoms with van der Waals surface area (Å²) in [7, 11) is 0. The zero-order chi connectivity index (χ0) is 30.0. The molecular weight excluding hydrogens is 537 g/mol. The summed E-state index contributed by atoms with van der Waals surface area (Å²) in [5.74, 6) is -5.86. The van der Waals surface area contributed by atoms with Gasteiger partial charge < -0.3 is 14.8 Å². The summed E-state index contributed by atoms with van der Waals surface area (Å²) in [4.78, 5) is 55.3. The van der Waals surface area contributed by atoms with Crippen molar-refractivity contribution in [3.63, 3.8) is 0 Å². The van der Waals surface area contributed by atoms with Crippen molar-refractivity contribution in [2.75, 3.05) is 13.2 Å². The average molecular weight is 576 g/mol. The molecule has 0 unspecified atom stereocenters. The van der Waals surface area contributed by atoms with Crippen molar-refractivity contribution in [2.24, 2.45) is 11.8 Å². The number of ketones is 1. The summed E-state index contributed by atoms with van der Waals surface area (Å²) in [6, 6.07) is 28.0. The van der Waals surface area contributed by atoms with Gasteiger partial charge in [0.15, 0.2) is 0 Å². The fraction of sp³-hybridized carbons (Fsp3) is 0.303. The standard InChI is InChI=1S/C33H38NO6P/c1-6-39-32(37)29(28(24(5)35)31(36)34-23(3)4)30(33(38)40-7-2)41(25-17-11-8-12-18-25,26-19-13-9-14-20-26)27-21-15-10-16-22-27/h8-23,28-29H,6-7H2,1-5H3,(H,34,36)/t28-,29+/m1/s1. The summed E-state index contributed by atoms with van der Waals surface area (Å²) in [6.45, 7) is 4.89. The molecular formula is C33H38NO6P. The topological polar surface area (TPSA) is 98.8 Å². The Morgan fingerprint density at radius 1 is 0.683 bits per heavy atom. The summed E-state index contributed by atoms with van der Waals surface area (Å²) < 4.78 is 11.2. The lowest BCUT2D eigenvalue weighted by Gasteiger charge is -2.36. The number of benzene rings is 3. The van der Waals surface area contributed by atoms with Gasteiger partial charge in [0.05, 0.1) is 18.5 Å². The first-order chi connectivity index (χ1) is 19.7. The van der Waals surface area contributed by atoms with Crippen LogP contribution < -0.4 is 21.2 Å². The van der Waals surface area contributed by atoms with E-state index in [0.29, 0.717) is 0 Å². The third-order valence-electron chi connectivity index (χ3n) is 6.60. The highest BCUT2D eigenvalue weighted by atomic mass is 31.2. The molecule has 0 aromatic heterocycles. The van der Waals surface area contributed by atoms with Crippen LogP contribution >= 0.6 is 6.89 Å². The van der Waals surface area contributed by atoms with Gasteiger partial charge in [-0.05, 0) is 57.4 Å². The smallest absolute Gasteiger partial charge is 0.335 e. The molecule has 41 heavy (non-hydrogen) atoms. The normalized spacial score (nSPS) is 12.6. The zero-order valence-electron chi connectivity index (χ0n) is 24.2. The fourth-order valence-corrected chi connectivity index (χ4v) is 9.68. The molecule has 216 valence electrons. The van der Waals surface area contributed by atoms with Crippen LogP contribution in [0.25, 0.3) is 0 Å². The quantitative estimate of drug-likeness (QED) is 0.201. The number of hydrogen-bond donors (Lipinski definition) is 1. The largest absolute Gasteiger partial charge is 0.465 e. The predicted octanol–water partition coefficient (Wildman–Crippen LogP) is 3.63. The van der Waals surface area contributed by atoms with Gasteiger partial charge in [0.25, 0.3) is 0 Å². The number of Topliss-reactive ketones (excluding diaryl/α,β-unsaturated/α-hetero) is 1. The molecule has 0 bridgehead atoms. The molecule has 0 heterocycles. The fourth-order valence-electron chi connectivity index (χ4n) is 5.08. The van der Waals surface area contributed by atoms with E-state index in [9.17, 15) is 19.2 Å². The minimum atomic E-state index is -3.24. The van der Waals surface area contributed by atoms with Crippen molar-refractivity contribution in [1.29, 1.82) is 0 Å². The van der Waals surface area contributed by atoms with E-state index in [-0.39, 0.29) is 24.5 Å². The second-order valence-corrected chi connectivity index (χ2v) is 13.1. The van der Waals surface area contributed by atoms with Gasteiger partial charge in [-0.1, -0.05) is 91.0 Å². The van der Waals surface area contributed by atoms with Crippen molar-refractivity contribution in [2.45, 2.75) is 40.7 Å². The van der Waals surface area contributed by atoms with E-state index < -0.39 is 42.4 Å². The van der Waals surface area contributed by atoms with Crippen LogP contribution in [0.1, 0.15) is 34.6 Å². The summed E-state index contributed by atoms with van der Waals surface area (Å²) in [6.07, 6.45) is 0. The minimum Gasteiger partial charge on any atom is -0.465 e. The monoisotopic (exact) mass is 575 g/mol. The zero-order valence-corrected chi connectivity index (χ0v) is 25.1. The Balaban J connectivity index is 2.72. The first-order valence-electron chi connectivity index (χ1n) is 13.8. The molecule has 3 aromatic carbocycles. The average Bonchev–Trinajstić information content (AvgIpc) is 2.96. The molecule has 1 amide bonds. The number of rotatable bonds is 12. The van der Waals surface area contributed by atoms with Crippen LogP contribution in [0, 0.1) is 11.8 Å². The van der Waals surface area contributed by atoms with Gasteiger partial charge in [-0.25, -0.2) is 4.79 Å². The molecule has 8 heteroatoms. The summed E-state index contributed by atoms with van der Waals surface area (Å²) in [5.41, 5.74) is 0. The second kappa shape index (κ2) is 14.6. The van der Waals surface area contributed by atoms with Gasteiger partial charge >= 0.3 is 11.9 Å². The first-order valence-corrected chi connectivity index (χ1v) is 15.6. The lowest BCUT2D eigenvalue weighted by atomic mass is 9.85. The highest BCUT2D eigenvalue weighted by Crippen LogP contribution is 2.49. The molecule has 3 rings (SSSR count). The van der Waals surface area contributed by atoms with Gasteiger partial charge in [0.2, 0.25) is 5.91 Å². The van der Waals surface area contributed by atoms with Gasteiger partial charge in [0.1, 0.15) is 17.6 Å². The van der Waals surface area contributed by atoms with E-state index in [4.69, 9.17) is 9.47 Å². The van der Waals surface area contributed by atoms with Crippen LogP contribution in [-0.2, 0) is 28.7 Å². The molecule has 0 saturated heterocycles. The third-order valence-corrected chi connectivity index (χ3v) is 11.0. The highest BCUT2D eigenvalue weighted by Gasteiger charge is 2.48. The van der Waals surface area contributed by atoms with Gasteiger partial charge in [0, 0.05) is 6.04 Å². The Kier molecular flexibility index (Phi) is 11.2. The van der Waals surface area contributed by atoms with Crippen molar-refractivity contribution in [3.05, 3.63) is 91.0 Å². The molecule has 0 radical (unpaired) electrons. The maximum atomic E-state index is 14.3. The molecule has 2 atom stereocenters. The van der Waals surface area contributed by atoms with Crippen LogP contribution in [0.4, 0.5) is 0 Å². The molecule has 0 spiro atoms. The Morgan fingerprint density at radius 2 is 1.10 bits per heavy atom. The van der Waals surface area contributed by atoms with E-state index in [1.165, 1.54) is 6.92 Å². The molecule has 7 nitrogen and oxygen atoms in total. The SMILES string of the molecule is CCOC(=O)C([C@@H](C(=O)OCC)[C@@H](C(C)=O)C(=O)NC(C)C)=P(c1ccccc1)(c1ccccc1)c1ccccc1. The van der Waals surface area contributed by atoms with Gasteiger partial charge in [-0.3, -0.25) is 14.4 Å². The molecule has 0 saturated carbocycles. The van der Waals surface area contributed by atoms with E-state index in [0.717, 1.165) is 15.9 Å². The number of ether oxygens (including phenoxy) is 2. The first kappa shape index (κ1) is 31.6. The van der Waals surface area contributed by atoms with E-state index in [2.05, 4.69) is 5.32 Å². The highest BCUT2D eigenvalue weighted by molar-refractivity contribution is 7.96. The molecule has 1 N–H and O–H groups in total. The van der Waals surface area contributed by atoms with Crippen molar-refractivity contribution >= 4 is 51.7 Å². The predicted molar refractivity (Wildman–Crippen MR) is 164 cm³/mol. The Labute approximate surface area is 242 Å². The van der Waals surface area contributed by atoms with E-state index >= 15 is 0 Å². The maximum absolute atomic E-state index is 14.3. The number of esters is 2. The lowest BCUT2D eigenvalue weighted by Crippen LogP contribution is -2.51. The minimum absolute atomic E-state index is 0.00464. The van der Waals surface area contributed by atoms with Gasteiger partial charge in [-0.2, -0.15) is 0 Å². The van der Waals surface area contributed by atoms with E-state index in [1.807, 2.05) is 91.0 Å². The summed E-state index contributed by atoms with van der Waals surface area (Å²) in [5, 5.41) is 5.12. The van der Waals surface area contributed by atoms with Crippen LogP contribution in [0.2, 0.25) is 0 Å². The number of carbonyl (C=O) groups is 4. The van der Waals surface area contributed by atoms with Gasteiger partial charge in [-0.15, -0.1) is 0 Å². The lowest BCUT2D eigenvalue weighted by molar-refractivity contribution is -0.153. The molecule has 3 aromatic rings. The van der Waals surface area contributed by atoms with Crippen LogP contribution in [0.3, 0.4) is 0 Å². The number of amides is 1. The Morgan fingerprint density at radius 3 is 1.44 bits per heavy atom. The molecule has 0 aliphatic heterocycles. The maximum Gasteiger partial charge on any atom is 0.335 e. The van der Waals surface area contributed by atoms with Crippen molar-refractivity contribution in [3.8, 4) is 0 Å².